The third-order valence-corrected chi connectivity index (χ3v) is 3.44. The van der Waals surface area contributed by atoms with Crippen LogP contribution in [0.2, 0.25) is 0 Å². The number of hydrogen-bond donors (Lipinski definition) is 2. The monoisotopic (exact) mass is 296 g/mol. The van der Waals surface area contributed by atoms with Gasteiger partial charge in [-0.15, -0.1) is 0 Å². The Labute approximate surface area is 130 Å². The topological polar surface area (TPSA) is 50.4 Å². The van der Waals surface area contributed by atoms with E-state index in [1.165, 1.54) is 0 Å². The lowest BCUT2D eigenvalue weighted by atomic mass is 10.1. The van der Waals surface area contributed by atoms with Gasteiger partial charge >= 0.3 is 6.03 Å². The molecule has 0 bridgehead atoms. The molecule has 0 aliphatic rings. The van der Waals surface area contributed by atoms with Gasteiger partial charge in [0.2, 0.25) is 0 Å². The average molecular weight is 296 g/mol. The lowest BCUT2D eigenvalue weighted by molar-refractivity contribution is 0.255. The Morgan fingerprint density at radius 2 is 1.91 bits per heavy atom. The van der Waals surface area contributed by atoms with Crippen molar-refractivity contribution in [2.75, 3.05) is 12.4 Å². The molecule has 4 heteroatoms. The van der Waals surface area contributed by atoms with E-state index in [0.29, 0.717) is 0 Å². The predicted octanol–water partition coefficient (Wildman–Crippen LogP) is 4.10. The van der Waals surface area contributed by atoms with Crippen molar-refractivity contribution in [3.63, 3.8) is 0 Å². The number of amides is 2. The number of carbonyl (C=O) groups is 1. The number of ether oxygens (including phenoxy) is 1. The SMILES string of the molecule is COc1cccc(/C=C/NC(=O)Nc2cccc(C)c2C)c1. The van der Waals surface area contributed by atoms with Crippen molar-refractivity contribution in [2.24, 2.45) is 0 Å². The van der Waals surface area contributed by atoms with Crippen LogP contribution in [0.1, 0.15) is 16.7 Å². The molecule has 0 atom stereocenters. The van der Waals surface area contributed by atoms with E-state index in [0.717, 1.165) is 28.1 Å². The molecule has 2 aromatic carbocycles. The molecule has 22 heavy (non-hydrogen) atoms. The first kappa shape index (κ1) is 15.6. The lowest BCUT2D eigenvalue weighted by Gasteiger charge is -2.09. The van der Waals surface area contributed by atoms with Crippen LogP contribution in [0.15, 0.2) is 48.7 Å². The summed E-state index contributed by atoms with van der Waals surface area (Å²) in [5.41, 5.74) is 3.97. The van der Waals surface area contributed by atoms with E-state index in [2.05, 4.69) is 10.6 Å². The summed E-state index contributed by atoms with van der Waals surface area (Å²) in [4.78, 5) is 11.9. The zero-order chi connectivity index (χ0) is 15.9. The maximum Gasteiger partial charge on any atom is 0.323 e. The van der Waals surface area contributed by atoms with Crippen molar-refractivity contribution in [1.82, 2.24) is 5.32 Å². The molecule has 2 amide bonds. The van der Waals surface area contributed by atoms with Gasteiger partial charge in [0, 0.05) is 11.9 Å². The summed E-state index contributed by atoms with van der Waals surface area (Å²) in [6, 6.07) is 13.1. The lowest BCUT2D eigenvalue weighted by Crippen LogP contribution is -2.24. The molecule has 0 aliphatic heterocycles. The molecule has 0 heterocycles. The molecule has 0 aromatic heterocycles. The fraction of sp³-hybridized carbons (Fsp3) is 0.167. The standard InChI is InChI=1S/C18H20N2O2/c1-13-6-4-9-17(14(13)2)20-18(21)19-11-10-15-7-5-8-16(12-15)22-3/h4-12H,1-3H3,(H2,19,20,21)/b11-10+. The van der Waals surface area contributed by atoms with E-state index in [1.54, 1.807) is 13.3 Å². The van der Waals surface area contributed by atoms with Gasteiger partial charge in [-0.05, 0) is 54.8 Å². The second kappa shape index (κ2) is 7.31. The highest BCUT2D eigenvalue weighted by Gasteiger charge is 2.03. The smallest absolute Gasteiger partial charge is 0.323 e. The second-order valence-electron chi connectivity index (χ2n) is 4.96. The number of methoxy groups -OCH3 is 1. The van der Waals surface area contributed by atoms with Gasteiger partial charge in [0.05, 0.1) is 7.11 Å². The number of rotatable bonds is 4. The third-order valence-electron chi connectivity index (χ3n) is 3.44. The van der Waals surface area contributed by atoms with Gasteiger partial charge in [0.25, 0.3) is 0 Å². The second-order valence-corrected chi connectivity index (χ2v) is 4.96. The van der Waals surface area contributed by atoms with Gasteiger partial charge in [-0.3, -0.25) is 0 Å². The Kier molecular flexibility index (Phi) is 5.20. The molecule has 2 rings (SSSR count). The molecule has 0 unspecified atom stereocenters. The Hall–Kier alpha value is -2.75. The van der Waals surface area contributed by atoms with E-state index < -0.39 is 0 Å². The minimum Gasteiger partial charge on any atom is -0.497 e. The van der Waals surface area contributed by atoms with Crippen LogP contribution in [-0.2, 0) is 0 Å². The van der Waals surface area contributed by atoms with Crippen LogP contribution in [0.5, 0.6) is 5.75 Å². The number of carbonyl (C=O) groups excluding carboxylic acids is 1. The molecule has 114 valence electrons. The van der Waals surface area contributed by atoms with Crippen LogP contribution in [0.25, 0.3) is 6.08 Å². The van der Waals surface area contributed by atoms with Crippen molar-refractivity contribution < 1.29 is 9.53 Å². The van der Waals surface area contributed by atoms with Crippen molar-refractivity contribution in [3.05, 3.63) is 65.4 Å². The third kappa shape index (κ3) is 4.12. The minimum absolute atomic E-state index is 0.271. The van der Waals surface area contributed by atoms with Gasteiger partial charge in [0.1, 0.15) is 5.75 Å². The summed E-state index contributed by atoms with van der Waals surface area (Å²) in [6.45, 7) is 4.00. The van der Waals surface area contributed by atoms with Crippen LogP contribution in [0.4, 0.5) is 10.5 Å². The van der Waals surface area contributed by atoms with Gasteiger partial charge in [-0.2, -0.15) is 0 Å². The highest BCUT2D eigenvalue weighted by molar-refractivity contribution is 5.91. The molecule has 0 saturated heterocycles. The van der Waals surface area contributed by atoms with E-state index >= 15 is 0 Å². The normalized spacial score (nSPS) is 10.5. The zero-order valence-corrected chi connectivity index (χ0v) is 13.0. The van der Waals surface area contributed by atoms with Crippen molar-refractivity contribution in [3.8, 4) is 5.75 Å². The van der Waals surface area contributed by atoms with Crippen LogP contribution >= 0.6 is 0 Å². The quantitative estimate of drug-likeness (QED) is 0.892. The van der Waals surface area contributed by atoms with Crippen molar-refractivity contribution in [1.29, 1.82) is 0 Å². The van der Waals surface area contributed by atoms with E-state index in [-0.39, 0.29) is 6.03 Å². The molecule has 0 spiro atoms. The molecular formula is C18H20N2O2. The van der Waals surface area contributed by atoms with Gasteiger partial charge < -0.3 is 15.4 Å². The highest BCUT2D eigenvalue weighted by atomic mass is 16.5. The molecule has 0 radical (unpaired) electrons. The molecule has 0 fully saturated rings. The average Bonchev–Trinajstić information content (AvgIpc) is 2.52. The largest absolute Gasteiger partial charge is 0.497 e. The predicted molar refractivity (Wildman–Crippen MR) is 90.1 cm³/mol. The first-order valence-corrected chi connectivity index (χ1v) is 7.04. The summed E-state index contributed by atoms with van der Waals surface area (Å²) < 4.78 is 5.15. The minimum atomic E-state index is -0.271. The van der Waals surface area contributed by atoms with Crippen LogP contribution in [0.3, 0.4) is 0 Å². The summed E-state index contributed by atoms with van der Waals surface area (Å²) in [7, 11) is 1.62. The fourth-order valence-corrected chi connectivity index (χ4v) is 2.00. The molecule has 2 aromatic rings. The van der Waals surface area contributed by atoms with E-state index in [1.807, 2.05) is 62.4 Å². The molecule has 0 saturated carbocycles. The number of anilines is 1. The number of benzene rings is 2. The Bertz CT molecular complexity index is 693. The Morgan fingerprint density at radius 1 is 1.14 bits per heavy atom. The Morgan fingerprint density at radius 3 is 2.68 bits per heavy atom. The molecular weight excluding hydrogens is 276 g/mol. The fourth-order valence-electron chi connectivity index (χ4n) is 2.00. The van der Waals surface area contributed by atoms with Gasteiger partial charge in [-0.25, -0.2) is 4.79 Å². The summed E-state index contributed by atoms with van der Waals surface area (Å²) in [6.07, 6.45) is 3.42. The van der Waals surface area contributed by atoms with E-state index in [9.17, 15) is 4.79 Å². The number of urea groups is 1. The summed E-state index contributed by atoms with van der Waals surface area (Å²) in [5, 5.41) is 5.53. The van der Waals surface area contributed by atoms with Crippen LogP contribution < -0.4 is 15.4 Å². The number of aryl methyl sites for hydroxylation is 1. The van der Waals surface area contributed by atoms with Gasteiger partial charge in [0.15, 0.2) is 0 Å². The summed E-state index contributed by atoms with van der Waals surface area (Å²) in [5.74, 6) is 0.780. The molecule has 4 nitrogen and oxygen atoms in total. The number of hydrogen-bond acceptors (Lipinski definition) is 2. The van der Waals surface area contributed by atoms with Crippen LogP contribution in [-0.4, -0.2) is 13.1 Å². The summed E-state index contributed by atoms with van der Waals surface area (Å²) >= 11 is 0. The van der Waals surface area contributed by atoms with E-state index in [4.69, 9.17) is 4.74 Å². The highest BCUT2D eigenvalue weighted by Crippen LogP contribution is 2.17. The maximum absolute atomic E-state index is 11.9. The van der Waals surface area contributed by atoms with Crippen LogP contribution in [0, 0.1) is 13.8 Å². The molecule has 0 aliphatic carbocycles. The molecule has 2 N–H and O–H groups in total. The zero-order valence-electron chi connectivity index (χ0n) is 13.0. The number of nitrogens with one attached hydrogen (secondary N) is 2. The van der Waals surface area contributed by atoms with Gasteiger partial charge in [-0.1, -0.05) is 24.3 Å². The first-order valence-electron chi connectivity index (χ1n) is 7.04. The van der Waals surface area contributed by atoms with Crippen molar-refractivity contribution >= 4 is 17.8 Å². The first-order chi connectivity index (χ1) is 10.6. The maximum atomic E-state index is 11.9. The van der Waals surface area contributed by atoms with Crippen molar-refractivity contribution in [2.45, 2.75) is 13.8 Å². The Balaban J connectivity index is 1.95.